The van der Waals surface area contributed by atoms with E-state index in [1.807, 2.05) is 42.9 Å². The molecule has 4 aromatic rings. The van der Waals surface area contributed by atoms with E-state index in [0.717, 1.165) is 16.9 Å². The van der Waals surface area contributed by atoms with Crippen molar-refractivity contribution in [2.75, 3.05) is 11.1 Å². The maximum Gasteiger partial charge on any atom is 0.251 e. The summed E-state index contributed by atoms with van der Waals surface area (Å²) in [6.45, 7) is 0.301. The first kappa shape index (κ1) is 20.6. The van der Waals surface area contributed by atoms with E-state index in [2.05, 4.69) is 25.8 Å². The molecule has 4 rings (SSSR count). The molecule has 0 spiro atoms. The Bertz CT molecular complexity index is 1250. The van der Waals surface area contributed by atoms with E-state index in [-0.39, 0.29) is 17.6 Å². The van der Waals surface area contributed by atoms with E-state index >= 15 is 0 Å². The second kappa shape index (κ2) is 9.00. The highest BCUT2D eigenvalue weighted by atomic mass is 32.2. The third kappa shape index (κ3) is 4.75. The quantitative estimate of drug-likeness (QED) is 0.432. The van der Waals surface area contributed by atoms with Gasteiger partial charge in [-0.15, -0.1) is 10.2 Å². The highest BCUT2D eigenvalue weighted by molar-refractivity contribution is 7.99. The van der Waals surface area contributed by atoms with Crippen LogP contribution in [0.3, 0.4) is 0 Å². The Hall–Kier alpha value is -3.66. The number of rotatable bonds is 7. The van der Waals surface area contributed by atoms with Gasteiger partial charge in [0.25, 0.3) is 5.91 Å². The van der Waals surface area contributed by atoms with Crippen LogP contribution >= 0.6 is 11.8 Å². The molecule has 10 heteroatoms. The zero-order valence-corrected chi connectivity index (χ0v) is 17.9. The van der Waals surface area contributed by atoms with Crippen LogP contribution in [-0.2, 0) is 25.4 Å². The van der Waals surface area contributed by atoms with Crippen LogP contribution in [0.5, 0.6) is 0 Å². The van der Waals surface area contributed by atoms with Crippen LogP contribution in [0.2, 0.25) is 0 Å². The van der Waals surface area contributed by atoms with Gasteiger partial charge in [-0.3, -0.25) is 9.59 Å². The van der Waals surface area contributed by atoms with Crippen LogP contribution in [0.4, 0.5) is 5.69 Å². The van der Waals surface area contributed by atoms with Crippen molar-refractivity contribution in [3.05, 3.63) is 66.2 Å². The SMILES string of the molecule is Cn1cnnc1SCC(=O)Nc1cccc(C(=O)NCc2nc3ccccc3n2C)c1. The largest absolute Gasteiger partial charge is 0.345 e. The van der Waals surface area contributed by atoms with Gasteiger partial charge < -0.3 is 19.8 Å². The molecule has 9 nitrogen and oxygen atoms in total. The number of hydrogen-bond donors (Lipinski definition) is 2. The van der Waals surface area contributed by atoms with Gasteiger partial charge in [0.05, 0.1) is 23.3 Å². The van der Waals surface area contributed by atoms with Gasteiger partial charge >= 0.3 is 0 Å². The molecule has 2 aromatic heterocycles. The fourth-order valence-electron chi connectivity index (χ4n) is 3.08. The fourth-order valence-corrected chi connectivity index (χ4v) is 3.77. The lowest BCUT2D eigenvalue weighted by atomic mass is 10.2. The number of carbonyl (C=O) groups excluding carboxylic acids is 2. The molecular formula is C21H21N7O2S. The van der Waals surface area contributed by atoms with E-state index in [4.69, 9.17) is 0 Å². The summed E-state index contributed by atoms with van der Waals surface area (Å²) in [6.07, 6.45) is 1.58. The number of nitrogens with zero attached hydrogens (tertiary/aromatic N) is 5. The number of thioether (sulfide) groups is 1. The number of para-hydroxylation sites is 2. The maximum absolute atomic E-state index is 12.6. The van der Waals surface area contributed by atoms with Crippen LogP contribution < -0.4 is 10.6 Å². The Kier molecular flexibility index (Phi) is 5.99. The average Bonchev–Trinajstić information content (AvgIpc) is 3.33. The number of aryl methyl sites for hydroxylation is 2. The molecule has 0 aliphatic heterocycles. The molecule has 0 aliphatic carbocycles. The number of nitrogens with one attached hydrogen (secondary N) is 2. The maximum atomic E-state index is 12.6. The lowest BCUT2D eigenvalue weighted by Gasteiger charge is -2.08. The predicted octanol–water partition coefficient (Wildman–Crippen LogP) is 2.36. The predicted molar refractivity (Wildman–Crippen MR) is 119 cm³/mol. The first-order valence-electron chi connectivity index (χ1n) is 9.56. The Morgan fingerprint density at radius 3 is 2.71 bits per heavy atom. The number of fused-ring (bicyclic) bond motifs is 1. The molecule has 0 radical (unpaired) electrons. The number of amides is 2. The topological polar surface area (TPSA) is 107 Å². The summed E-state index contributed by atoms with van der Waals surface area (Å²) in [7, 11) is 3.74. The number of imidazole rings is 1. The summed E-state index contributed by atoms with van der Waals surface area (Å²) in [6, 6.07) is 14.6. The monoisotopic (exact) mass is 435 g/mol. The first-order valence-corrected chi connectivity index (χ1v) is 10.5. The van der Waals surface area contributed by atoms with Gasteiger partial charge in [-0.2, -0.15) is 0 Å². The van der Waals surface area contributed by atoms with Crippen LogP contribution in [0.1, 0.15) is 16.2 Å². The third-order valence-corrected chi connectivity index (χ3v) is 5.73. The minimum atomic E-state index is -0.239. The summed E-state index contributed by atoms with van der Waals surface area (Å²) in [5.41, 5.74) is 2.91. The number of aromatic nitrogens is 5. The molecule has 0 fully saturated rings. The standard InChI is InChI=1S/C21H21N7O2S/c1-27-13-23-26-21(27)31-12-19(29)24-15-7-5-6-14(10-15)20(30)22-11-18-25-16-8-3-4-9-17(16)28(18)2/h3-10,13H,11-12H2,1-2H3,(H,22,30)(H,24,29). The van der Waals surface area contributed by atoms with Gasteiger partial charge in [0.1, 0.15) is 12.2 Å². The number of hydrogen-bond acceptors (Lipinski definition) is 6. The van der Waals surface area contributed by atoms with Crippen LogP contribution in [0, 0.1) is 0 Å². The van der Waals surface area contributed by atoms with Crippen molar-refractivity contribution in [1.29, 1.82) is 0 Å². The van der Waals surface area contributed by atoms with E-state index in [1.54, 1.807) is 35.2 Å². The Morgan fingerprint density at radius 1 is 1.10 bits per heavy atom. The van der Waals surface area contributed by atoms with Gasteiger partial charge in [0, 0.05) is 25.3 Å². The second-order valence-corrected chi connectivity index (χ2v) is 7.84. The molecule has 2 amide bonds. The lowest BCUT2D eigenvalue weighted by Crippen LogP contribution is -2.24. The number of anilines is 1. The summed E-state index contributed by atoms with van der Waals surface area (Å²) in [5.74, 6) is 0.525. The van der Waals surface area contributed by atoms with Crippen molar-refractivity contribution in [3.63, 3.8) is 0 Å². The molecule has 158 valence electrons. The van der Waals surface area contributed by atoms with Crippen molar-refractivity contribution >= 4 is 40.3 Å². The van der Waals surface area contributed by atoms with Crippen molar-refractivity contribution in [2.24, 2.45) is 14.1 Å². The van der Waals surface area contributed by atoms with Crippen molar-refractivity contribution in [3.8, 4) is 0 Å². The molecule has 0 atom stereocenters. The smallest absolute Gasteiger partial charge is 0.251 e. The fraction of sp³-hybridized carbons (Fsp3) is 0.190. The lowest BCUT2D eigenvalue weighted by molar-refractivity contribution is -0.113. The van der Waals surface area contributed by atoms with Gasteiger partial charge in [-0.05, 0) is 30.3 Å². The second-order valence-electron chi connectivity index (χ2n) is 6.90. The third-order valence-electron chi connectivity index (χ3n) is 4.70. The molecule has 0 bridgehead atoms. The van der Waals surface area contributed by atoms with Gasteiger partial charge in [0.15, 0.2) is 5.16 Å². The minimum Gasteiger partial charge on any atom is -0.345 e. The first-order chi connectivity index (χ1) is 15.0. The molecule has 2 aromatic carbocycles. The van der Waals surface area contributed by atoms with Crippen molar-refractivity contribution in [1.82, 2.24) is 29.6 Å². The van der Waals surface area contributed by atoms with Gasteiger partial charge in [0.2, 0.25) is 5.91 Å². The van der Waals surface area contributed by atoms with E-state index < -0.39 is 0 Å². The molecule has 0 saturated heterocycles. The average molecular weight is 436 g/mol. The molecule has 0 aliphatic rings. The molecule has 0 unspecified atom stereocenters. The van der Waals surface area contributed by atoms with Crippen LogP contribution in [0.25, 0.3) is 11.0 Å². The Balaban J connectivity index is 1.35. The zero-order valence-electron chi connectivity index (χ0n) is 17.1. The summed E-state index contributed by atoms with van der Waals surface area (Å²) < 4.78 is 3.70. The van der Waals surface area contributed by atoms with Crippen molar-refractivity contribution in [2.45, 2.75) is 11.7 Å². The zero-order chi connectivity index (χ0) is 21.8. The number of carbonyl (C=O) groups is 2. The Labute approximate surface area is 182 Å². The molecule has 2 N–H and O–H groups in total. The van der Waals surface area contributed by atoms with Crippen molar-refractivity contribution < 1.29 is 9.59 Å². The van der Waals surface area contributed by atoms with E-state index in [9.17, 15) is 9.59 Å². The minimum absolute atomic E-state index is 0.190. The molecule has 2 heterocycles. The van der Waals surface area contributed by atoms with Gasteiger partial charge in [-0.25, -0.2) is 4.98 Å². The van der Waals surface area contributed by atoms with Gasteiger partial charge in [-0.1, -0.05) is 30.0 Å². The summed E-state index contributed by atoms with van der Waals surface area (Å²) >= 11 is 1.29. The Morgan fingerprint density at radius 2 is 1.94 bits per heavy atom. The highest BCUT2D eigenvalue weighted by Crippen LogP contribution is 2.16. The molecular weight excluding hydrogens is 414 g/mol. The van der Waals surface area contributed by atoms with E-state index in [1.165, 1.54) is 11.8 Å². The van der Waals surface area contributed by atoms with E-state index in [0.29, 0.717) is 23.0 Å². The normalized spacial score (nSPS) is 10.9. The summed E-state index contributed by atoms with van der Waals surface area (Å²) in [5, 5.41) is 14.1. The molecule has 0 saturated carbocycles. The highest BCUT2D eigenvalue weighted by Gasteiger charge is 2.12. The summed E-state index contributed by atoms with van der Waals surface area (Å²) in [4.78, 5) is 29.4. The number of benzene rings is 2. The van der Waals surface area contributed by atoms with Crippen LogP contribution in [-0.4, -0.2) is 41.9 Å². The molecule has 31 heavy (non-hydrogen) atoms. The van der Waals surface area contributed by atoms with Crippen LogP contribution in [0.15, 0.2) is 60.0 Å².